The molecular formula is C29H30N4O. The molecule has 0 bridgehead atoms. The standard InChI is InChI=1S/C29H30N4O/c1-4-21-10-5-7-12-25(21)30-29(34)33-20-23-11-6-8-13-26(23)32-19-9-14-27(32)28(33)22-15-17-24(18-16-22)31(2)3/h5-19,28H,4,20H2,1-3H3,(H,30,34)/t28-/m0/s1. The molecule has 5 rings (SSSR count). The van der Waals surface area contributed by atoms with E-state index in [9.17, 15) is 4.79 Å². The zero-order valence-electron chi connectivity index (χ0n) is 19.9. The van der Waals surface area contributed by atoms with Gasteiger partial charge in [0.25, 0.3) is 0 Å². The maximum Gasteiger partial charge on any atom is 0.322 e. The van der Waals surface area contributed by atoms with Crippen molar-refractivity contribution in [1.82, 2.24) is 9.47 Å². The van der Waals surface area contributed by atoms with Crippen LogP contribution in [0.15, 0.2) is 91.1 Å². The molecule has 0 aliphatic carbocycles. The van der Waals surface area contributed by atoms with Gasteiger partial charge in [0.15, 0.2) is 0 Å². The summed E-state index contributed by atoms with van der Waals surface area (Å²) in [6, 6.07) is 28.7. The number of anilines is 2. The van der Waals surface area contributed by atoms with Crippen molar-refractivity contribution in [2.75, 3.05) is 24.3 Å². The summed E-state index contributed by atoms with van der Waals surface area (Å²) in [6.45, 7) is 2.62. The molecule has 2 heterocycles. The van der Waals surface area contributed by atoms with Crippen LogP contribution in [-0.4, -0.2) is 29.6 Å². The smallest absolute Gasteiger partial charge is 0.322 e. The summed E-state index contributed by atoms with van der Waals surface area (Å²) in [7, 11) is 4.07. The van der Waals surface area contributed by atoms with Gasteiger partial charge in [0.2, 0.25) is 0 Å². The predicted octanol–water partition coefficient (Wildman–Crippen LogP) is 6.24. The van der Waals surface area contributed by atoms with Crippen LogP contribution in [0.2, 0.25) is 0 Å². The Morgan fingerprint density at radius 1 is 0.941 bits per heavy atom. The number of rotatable bonds is 4. The fourth-order valence-corrected chi connectivity index (χ4v) is 4.78. The Balaban J connectivity index is 1.62. The van der Waals surface area contributed by atoms with Crippen molar-refractivity contribution in [2.45, 2.75) is 25.9 Å². The average molecular weight is 451 g/mol. The highest BCUT2D eigenvalue weighted by Crippen LogP contribution is 2.37. The molecule has 0 spiro atoms. The molecule has 5 nitrogen and oxygen atoms in total. The molecule has 1 aliphatic heterocycles. The predicted molar refractivity (Wildman–Crippen MR) is 139 cm³/mol. The number of urea groups is 1. The SMILES string of the molecule is CCc1ccccc1NC(=O)N1Cc2ccccc2-n2cccc2[C@@H]1c1ccc(N(C)C)cc1. The first-order valence-electron chi connectivity index (χ1n) is 11.7. The molecule has 2 amide bonds. The first-order chi connectivity index (χ1) is 16.6. The van der Waals surface area contributed by atoms with Crippen LogP contribution in [0, 0.1) is 0 Å². The van der Waals surface area contributed by atoms with Gasteiger partial charge in [-0.3, -0.25) is 0 Å². The minimum atomic E-state index is -0.229. The van der Waals surface area contributed by atoms with Crippen molar-refractivity contribution < 1.29 is 4.79 Å². The molecular weight excluding hydrogens is 420 g/mol. The fraction of sp³-hybridized carbons (Fsp3) is 0.207. The number of aromatic nitrogens is 1. The molecule has 1 N–H and O–H groups in total. The van der Waals surface area contributed by atoms with Gasteiger partial charge in [-0.15, -0.1) is 0 Å². The van der Waals surface area contributed by atoms with Crippen LogP contribution in [0.4, 0.5) is 16.2 Å². The molecule has 0 saturated heterocycles. The zero-order valence-corrected chi connectivity index (χ0v) is 19.9. The normalized spacial score (nSPS) is 14.7. The summed E-state index contributed by atoms with van der Waals surface area (Å²) < 4.78 is 2.22. The first-order valence-corrected chi connectivity index (χ1v) is 11.7. The largest absolute Gasteiger partial charge is 0.378 e. The summed E-state index contributed by atoms with van der Waals surface area (Å²) in [5.41, 5.74) is 7.50. The molecule has 34 heavy (non-hydrogen) atoms. The number of carbonyl (C=O) groups excluding carboxylic acids is 1. The Morgan fingerprint density at radius 3 is 2.44 bits per heavy atom. The molecule has 1 aromatic heterocycles. The highest BCUT2D eigenvalue weighted by atomic mass is 16.2. The van der Waals surface area contributed by atoms with Gasteiger partial charge in [0.05, 0.1) is 18.3 Å². The minimum Gasteiger partial charge on any atom is -0.378 e. The molecule has 0 fully saturated rings. The number of para-hydroxylation sites is 2. The van der Waals surface area contributed by atoms with Gasteiger partial charge in [-0.1, -0.05) is 55.5 Å². The number of benzene rings is 3. The van der Waals surface area contributed by atoms with E-state index < -0.39 is 0 Å². The first kappa shape index (κ1) is 21.8. The molecule has 1 aliphatic rings. The van der Waals surface area contributed by atoms with E-state index in [2.05, 4.69) is 88.6 Å². The van der Waals surface area contributed by atoms with E-state index in [0.717, 1.165) is 45.9 Å². The molecule has 0 saturated carbocycles. The van der Waals surface area contributed by atoms with Crippen molar-refractivity contribution >= 4 is 17.4 Å². The van der Waals surface area contributed by atoms with E-state index in [1.165, 1.54) is 0 Å². The maximum absolute atomic E-state index is 13.9. The molecule has 0 unspecified atom stereocenters. The highest BCUT2D eigenvalue weighted by molar-refractivity contribution is 5.91. The van der Waals surface area contributed by atoms with Gasteiger partial charge in [-0.25, -0.2) is 4.79 Å². The number of aryl methyl sites for hydroxylation is 1. The zero-order chi connectivity index (χ0) is 23.7. The second kappa shape index (κ2) is 9.10. The number of nitrogens with one attached hydrogen (secondary N) is 1. The molecule has 4 aromatic rings. The fourth-order valence-electron chi connectivity index (χ4n) is 4.78. The summed E-state index contributed by atoms with van der Waals surface area (Å²) in [6.07, 6.45) is 2.95. The third-order valence-electron chi connectivity index (χ3n) is 6.59. The Bertz CT molecular complexity index is 1310. The lowest BCUT2D eigenvalue weighted by Crippen LogP contribution is -2.38. The summed E-state index contributed by atoms with van der Waals surface area (Å²) in [5.74, 6) is 0. The number of hydrogen-bond acceptors (Lipinski definition) is 2. The Hall–Kier alpha value is -3.99. The van der Waals surface area contributed by atoms with Gasteiger partial charge >= 0.3 is 6.03 Å². The Labute approximate surface area is 201 Å². The van der Waals surface area contributed by atoms with E-state index >= 15 is 0 Å². The van der Waals surface area contributed by atoms with Crippen molar-refractivity contribution in [3.8, 4) is 5.69 Å². The number of nitrogens with zero attached hydrogens (tertiary/aromatic N) is 3. The second-order valence-corrected chi connectivity index (χ2v) is 8.89. The van der Waals surface area contributed by atoms with Crippen LogP contribution in [0.3, 0.4) is 0 Å². The number of fused-ring (bicyclic) bond motifs is 3. The van der Waals surface area contributed by atoms with Crippen LogP contribution in [-0.2, 0) is 13.0 Å². The summed E-state index contributed by atoms with van der Waals surface area (Å²) >= 11 is 0. The van der Waals surface area contributed by atoms with Crippen LogP contribution in [0.5, 0.6) is 0 Å². The van der Waals surface area contributed by atoms with Crippen molar-refractivity contribution in [2.24, 2.45) is 0 Å². The average Bonchev–Trinajstić information content (AvgIpc) is 3.28. The third kappa shape index (κ3) is 3.94. The second-order valence-electron chi connectivity index (χ2n) is 8.89. The van der Waals surface area contributed by atoms with Crippen molar-refractivity contribution in [1.29, 1.82) is 0 Å². The van der Waals surface area contributed by atoms with Crippen LogP contribution >= 0.6 is 0 Å². The van der Waals surface area contributed by atoms with Gasteiger partial charge in [-0.05, 0) is 59.5 Å². The van der Waals surface area contributed by atoms with E-state index in [-0.39, 0.29) is 12.1 Å². The van der Waals surface area contributed by atoms with E-state index in [1.54, 1.807) is 0 Å². The van der Waals surface area contributed by atoms with Crippen molar-refractivity contribution in [3.63, 3.8) is 0 Å². The lowest BCUT2D eigenvalue weighted by molar-refractivity contribution is 0.194. The monoisotopic (exact) mass is 450 g/mol. The minimum absolute atomic E-state index is 0.105. The topological polar surface area (TPSA) is 40.5 Å². The molecule has 0 radical (unpaired) electrons. The number of amides is 2. The quantitative estimate of drug-likeness (QED) is 0.400. The van der Waals surface area contributed by atoms with Gasteiger partial charge < -0.3 is 19.7 Å². The van der Waals surface area contributed by atoms with E-state index in [4.69, 9.17) is 0 Å². The summed E-state index contributed by atoms with van der Waals surface area (Å²) in [5, 5.41) is 3.21. The van der Waals surface area contributed by atoms with E-state index in [1.807, 2.05) is 43.3 Å². The molecule has 3 aromatic carbocycles. The maximum atomic E-state index is 13.9. The van der Waals surface area contributed by atoms with Gasteiger partial charge in [0.1, 0.15) is 0 Å². The van der Waals surface area contributed by atoms with Crippen molar-refractivity contribution in [3.05, 3.63) is 114 Å². The lowest BCUT2D eigenvalue weighted by Gasteiger charge is -2.31. The highest BCUT2D eigenvalue weighted by Gasteiger charge is 2.33. The molecule has 1 atom stereocenters. The molecule has 5 heteroatoms. The van der Waals surface area contributed by atoms with Crippen LogP contribution in [0.1, 0.15) is 35.3 Å². The lowest BCUT2D eigenvalue weighted by atomic mass is 10.0. The number of hydrogen-bond donors (Lipinski definition) is 1. The van der Waals surface area contributed by atoms with Gasteiger partial charge in [-0.2, -0.15) is 0 Å². The van der Waals surface area contributed by atoms with Crippen LogP contribution < -0.4 is 10.2 Å². The van der Waals surface area contributed by atoms with Gasteiger partial charge in [0, 0.05) is 37.4 Å². The number of carbonyl (C=O) groups is 1. The van der Waals surface area contributed by atoms with E-state index in [0.29, 0.717) is 6.54 Å². The molecule has 172 valence electrons. The Kier molecular flexibility index (Phi) is 5.84. The Morgan fingerprint density at radius 2 is 1.68 bits per heavy atom. The summed E-state index contributed by atoms with van der Waals surface area (Å²) in [4.78, 5) is 17.9. The third-order valence-corrected chi connectivity index (χ3v) is 6.59. The van der Waals surface area contributed by atoms with Crippen LogP contribution in [0.25, 0.3) is 5.69 Å².